The lowest BCUT2D eigenvalue weighted by molar-refractivity contribution is 0.667. The second-order valence-corrected chi connectivity index (χ2v) is 7.52. The van der Waals surface area contributed by atoms with E-state index in [1.165, 1.54) is 65.4 Å². The normalized spacial score (nSPS) is 15.5. The van der Waals surface area contributed by atoms with Gasteiger partial charge in [-0.25, -0.2) is 0 Å². The molecule has 0 atom stereocenters. The van der Waals surface area contributed by atoms with Gasteiger partial charge in [0, 0.05) is 15.7 Å². The van der Waals surface area contributed by atoms with Crippen LogP contribution in [0.15, 0.2) is 51.9 Å². The van der Waals surface area contributed by atoms with Gasteiger partial charge < -0.3 is 0 Å². The highest BCUT2D eigenvalue weighted by atomic mass is 79.9. The van der Waals surface area contributed by atoms with Crippen LogP contribution >= 0.6 is 15.9 Å². The van der Waals surface area contributed by atoms with Crippen LogP contribution in [0.2, 0.25) is 0 Å². The first kappa shape index (κ1) is 17.4. The molecule has 0 unspecified atom stereocenters. The molecule has 2 aromatic rings. The maximum atomic E-state index is 4.96. The van der Waals surface area contributed by atoms with Crippen LogP contribution in [0.4, 0.5) is 5.69 Å². The third-order valence-electron chi connectivity index (χ3n) is 4.77. The molecule has 0 amide bonds. The Morgan fingerprint density at radius 2 is 1.79 bits per heavy atom. The topological polar surface area (TPSA) is 12.4 Å². The summed E-state index contributed by atoms with van der Waals surface area (Å²) in [6.45, 7) is 2.26. The fourth-order valence-corrected chi connectivity index (χ4v) is 4.07. The minimum atomic E-state index is 1.06. The zero-order chi connectivity index (χ0) is 16.8. The van der Waals surface area contributed by atoms with Crippen LogP contribution in [0.3, 0.4) is 0 Å². The van der Waals surface area contributed by atoms with Crippen LogP contribution in [0.5, 0.6) is 0 Å². The van der Waals surface area contributed by atoms with E-state index in [2.05, 4.69) is 65.3 Å². The van der Waals surface area contributed by atoms with Crippen molar-refractivity contribution in [3.8, 4) is 0 Å². The standard InChI is InChI=1S/C22H26BrN/c1-2-3-4-5-8-17-13-15-19(16-14-17)24-21-12-7-10-18-9-6-11-20(23)22(18)21/h6,9,11,13-16H,2-5,7-8,10,12H2,1H3/b24-21+. The van der Waals surface area contributed by atoms with Gasteiger partial charge in [0.05, 0.1) is 5.69 Å². The third kappa shape index (κ3) is 4.36. The lowest BCUT2D eigenvalue weighted by Crippen LogP contribution is -2.12. The van der Waals surface area contributed by atoms with Crippen molar-refractivity contribution in [3.63, 3.8) is 0 Å². The monoisotopic (exact) mass is 383 g/mol. The van der Waals surface area contributed by atoms with Gasteiger partial charge in [-0.15, -0.1) is 0 Å². The number of aryl methyl sites for hydroxylation is 2. The summed E-state index contributed by atoms with van der Waals surface area (Å²) in [5.74, 6) is 0. The summed E-state index contributed by atoms with van der Waals surface area (Å²) in [5, 5.41) is 0. The predicted molar refractivity (Wildman–Crippen MR) is 108 cm³/mol. The Morgan fingerprint density at radius 1 is 0.958 bits per heavy atom. The SMILES string of the molecule is CCCCCCc1ccc(/N=C2\CCCc3cccc(Br)c32)cc1. The van der Waals surface area contributed by atoms with Gasteiger partial charge in [0.1, 0.15) is 0 Å². The molecular formula is C22H26BrN. The fraction of sp³-hybridized carbons (Fsp3) is 0.409. The molecule has 0 saturated heterocycles. The predicted octanol–water partition coefficient (Wildman–Crippen LogP) is 7.03. The molecule has 0 fully saturated rings. The number of halogens is 1. The molecule has 2 aromatic carbocycles. The molecule has 126 valence electrons. The molecule has 0 aliphatic heterocycles. The maximum absolute atomic E-state index is 4.96. The van der Waals surface area contributed by atoms with Gasteiger partial charge in [-0.05, 0) is 61.4 Å². The first-order valence-corrected chi connectivity index (χ1v) is 10.0. The molecule has 1 aliphatic carbocycles. The van der Waals surface area contributed by atoms with Gasteiger partial charge in [-0.1, -0.05) is 66.4 Å². The van der Waals surface area contributed by atoms with E-state index < -0.39 is 0 Å². The summed E-state index contributed by atoms with van der Waals surface area (Å²) in [4.78, 5) is 4.96. The summed E-state index contributed by atoms with van der Waals surface area (Å²) in [5.41, 5.74) is 6.46. The molecule has 0 heterocycles. The maximum Gasteiger partial charge on any atom is 0.0633 e. The van der Waals surface area contributed by atoms with Crippen molar-refractivity contribution < 1.29 is 0 Å². The van der Waals surface area contributed by atoms with E-state index in [9.17, 15) is 0 Å². The number of rotatable bonds is 6. The summed E-state index contributed by atoms with van der Waals surface area (Å²) in [6.07, 6.45) is 9.88. The summed E-state index contributed by atoms with van der Waals surface area (Å²) < 4.78 is 1.17. The molecule has 0 aromatic heterocycles. The number of aliphatic imine (C=N–C) groups is 1. The van der Waals surface area contributed by atoms with Crippen molar-refractivity contribution in [3.05, 3.63) is 63.6 Å². The van der Waals surface area contributed by atoms with Crippen LogP contribution in [0.25, 0.3) is 0 Å². The molecule has 0 radical (unpaired) electrons. The van der Waals surface area contributed by atoms with Crippen molar-refractivity contribution >= 4 is 27.3 Å². The molecular weight excluding hydrogens is 358 g/mol. The number of hydrogen-bond acceptors (Lipinski definition) is 1. The lowest BCUT2D eigenvalue weighted by atomic mass is 9.90. The Balaban J connectivity index is 1.73. The van der Waals surface area contributed by atoms with Crippen molar-refractivity contribution in [1.29, 1.82) is 0 Å². The quantitative estimate of drug-likeness (QED) is 0.474. The summed E-state index contributed by atoms with van der Waals surface area (Å²) in [6, 6.07) is 15.3. The Labute approximate surface area is 154 Å². The van der Waals surface area contributed by atoms with Gasteiger partial charge in [-0.2, -0.15) is 0 Å². The van der Waals surface area contributed by atoms with E-state index in [0.717, 1.165) is 18.5 Å². The summed E-state index contributed by atoms with van der Waals surface area (Å²) >= 11 is 3.71. The Kier molecular flexibility index (Phi) is 6.25. The van der Waals surface area contributed by atoms with Crippen molar-refractivity contribution in [1.82, 2.24) is 0 Å². The van der Waals surface area contributed by atoms with E-state index in [0.29, 0.717) is 0 Å². The average molecular weight is 384 g/mol. The first-order valence-electron chi connectivity index (χ1n) is 9.22. The Morgan fingerprint density at radius 3 is 2.58 bits per heavy atom. The van der Waals surface area contributed by atoms with Crippen LogP contribution in [-0.4, -0.2) is 5.71 Å². The molecule has 3 rings (SSSR count). The van der Waals surface area contributed by atoms with Gasteiger partial charge in [0.15, 0.2) is 0 Å². The Bertz CT molecular complexity index is 700. The highest BCUT2D eigenvalue weighted by Crippen LogP contribution is 2.30. The minimum absolute atomic E-state index is 1.06. The molecule has 0 N–H and O–H groups in total. The molecule has 2 heteroatoms. The van der Waals surface area contributed by atoms with Crippen LogP contribution < -0.4 is 0 Å². The molecule has 24 heavy (non-hydrogen) atoms. The highest BCUT2D eigenvalue weighted by molar-refractivity contribution is 9.10. The average Bonchev–Trinajstić information content (AvgIpc) is 2.60. The molecule has 0 bridgehead atoms. The fourth-order valence-electron chi connectivity index (χ4n) is 3.43. The summed E-state index contributed by atoms with van der Waals surface area (Å²) in [7, 11) is 0. The zero-order valence-corrected chi connectivity index (χ0v) is 16.1. The number of unbranched alkanes of at least 4 members (excludes halogenated alkanes) is 3. The second-order valence-electron chi connectivity index (χ2n) is 6.66. The third-order valence-corrected chi connectivity index (χ3v) is 5.43. The van der Waals surface area contributed by atoms with Crippen LogP contribution in [0, 0.1) is 0 Å². The van der Waals surface area contributed by atoms with Crippen molar-refractivity contribution in [2.24, 2.45) is 4.99 Å². The van der Waals surface area contributed by atoms with Gasteiger partial charge in [-0.3, -0.25) is 4.99 Å². The number of hydrogen-bond donors (Lipinski definition) is 0. The van der Waals surface area contributed by atoms with Gasteiger partial charge in [0.2, 0.25) is 0 Å². The van der Waals surface area contributed by atoms with Crippen LogP contribution in [0.1, 0.15) is 62.1 Å². The smallest absolute Gasteiger partial charge is 0.0633 e. The largest absolute Gasteiger partial charge is 0.253 e. The van der Waals surface area contributed by atoms with E-state index in [1.807, 2.05) is 0 Å². The van der Waals surface area contributed by atoms with Gasteiger partial charge >= 0.3 is 0 Å². The van der Waals surface area contributed by atoms with E-state index in [4.69, 9.17) is 4.99 Å². The molecule has 0 saturated carbocycles. The van der Waals surface area contributed by atoms with E-state index >= 15 is 0 Å². The first-order chi connectivity index (χ1) is 11.8. The lowest BCUT2D eigenvalue weighted by Gasteiger charge is -2.19. The molecule has 1 aliphatic rings. The van der Waals surface area contributed by atoms with E-state index in [-0.39, 0.29) is 0 Å². The minimum Gasteiger partial charge on any atom is -0.253 e. The molecule has 0 spiro atoms. The number of nitrogens with zero attached hydrogens (tertiary/aromatic N) is 1. The second kappa shape index (κ2) is 8.62. The van der Waals surface area contributed by atoms with Crippen LogP contribution in [-0.2, 0) is 12.8 Å². The van der Waals surface area contributed by atoms with Crippen molar-refractivity contribution in [2.75, 3.05) is 0 Å². The number of benzene rings is 2. The zero-order valence-electron chi connectivity index (χ0n) is 14.5. The Hall–Kier alpha value is -1.41. The highest BCUT2D eigenvalue weighted by Gasteiger charge is 2.17. The van der Waals surface area contributed by atoms with Crippen molar-refractivity contribution in [2.45, 2.75) is 58.3 Å². The number of fused-ring (bicyclic) bond motifs is 1. The van der Waals surface area contributed by atoms with Gasteiger partial charge in [0.25, 0.3) is 0 Å². The van der Waals surface area contributed by atoms with E-state index in [1.54, 1.807) is 0 Å². The molecule has 1 nitrogen and oxygen atoms in total.